The Morgan fingerprint density at radius 3 is 2.31 bits per heavy atom. The van der Waals surface area contributed by atoms with Crippen LogP contribution >= 0.6 is 0 Å². The summed E-state index contributed by atoms with van der Waals surface area (Å²) in [7, 11) is 0. The van der Waals surface area contributed by atoms with Crippen LogP contribution < -0.4 is 0 Å². The Labute approximate surface area is 96.6 Å². The van der Waals surface area contributed by atoms with Crippen LogP contribution in [-0.4, -0.2) is 34.5 Å². The van der Waals surface area contributed by atoms with Crippen molar-refractivity contribution in [1.82, 2.24) is 4.90 Å². The van der Waals surface area contributed by atoms with Gasteiger partial charge in [-0.3, -0.25) is 9.59 Å². The van der Waals surface area contributed by atoms with E-state index in [9.17, 15) is 9.59 Å². The molecule has 0 aromatic carbocycles. The van der Waals surface area contributed by atoms with Gasteiger partial charge in [0, 0.05) is 12.6 Å². The average molecular weight is 227 g/mol. The first-order chi connectivity index (χ1) is 7.49. The van der Waals surface area contributed by atoms with E-state index in [1.165, 1.54) is 0 Å². The van der Waals surface area contributed by atoms with Crippen LogP contribution in [-0.2, 0) is 9.59 Å². The molecule has 1 amide bonds. The first-order valence-electron chi connectivity index (χ1n) is 6.02. The molecule has 0 radical (unpaired) electrons. The average Bonchev–Trinajstić information content (AvgIpc) is 2.65. The highest BCUT2D eigenvalue weighted by atomic mass is 16.4. The molecule has 0 spiro atoms. The van der Waals surface area contributed by atoms with Crippen molar-refractivity contribution >= 4 is 11.9 Å². The molecule has 0 unspecified atom stereocenters. The zero-order chi connectivity index (χ0) is 12.3. The van der Waals surface area contributed by atoms with E-state index in [2.05, 4.69) is 0 Å². The number of hydrogen-bond donors (Lipinski definition) is 1. The minimum absolute atomic E-state index is 0.0161. The molecule has 0 aromatic heterocycles. The van der Waals surface area contributed by atoms with Gasteiger partial charge in [0.25, 0.3) is 0 Å². The van der Waals surface area contributed by atoms with E-state index in [1.54, 1.807) is 4.90 Å². The predicted molar refractivity (Wildman–Crippen MR) is 61.0 cm³/mol. The van der Waals surface area contributed by atoms with Crippen molar-refractivity contribution in [3.63, 3.8) is 0 Å². The molecule has 4 nitrogen and oxygen atoms in total. The van der Waals surface area contributed by atoms with Gasteiger partial charge >= 0.3 is 5.97 Å². The first-order valence-corrected chi connectivity index (χ1v) is 6.02. The number of carbonyl (C=O) groups excluding carboxylic acids is 1. The quantitative estimate of drug-likeness (QED) is 0.796. The summed E-state index contributed by atoms with van der Waals surface area (Å²) in [6.07, 6.45) is 2.21. The van der Waals surface area contributed by atoms with Gasteiger partial charge in [0.15, 0.2) is 0 Å². The summed E-state index contributed by atoms with van der Waals surface area (Å²) in [6.45, 7) is 6.51. The van der Waals surface area contributed by atoms with Crippen LogP contribution in [0.4, 0.5) is 0 Å². The van der Waals surface area contributed by atoms with E-state index >= 15 is 0 Å². The Hall–Kier alpha value is -1.06. The van der Waals surface area contributed by atoms with Gasteiger partial charge in [-0.15, -0.1) is 0 Å². The highest BCUT2D eigenvalue weighted by Crippen LogP contribution is 2.33. The Bertz CT molecular complexity index is 275. The molecular weight excluding hydrogens is 206 g/mol. The fourth-order valence-corrected chi connectivity index (χ4v) is 2.54. The van der Waals surface area contributed by atoms with Gasteiger partial charge in [-0.2, -0.15) is 0 Å². The Morgan fingerprint density at radius 2 is 1.88 bits per heavy atom. The molecule has 1 N–H and O–H groups in total. The lowest BCUT2D eigenvalue weighted by Gasteiger charge is -2.29. The van der Waals surface area contributed by atoms with E-state index in [4.69, 9.17) is 5.11 Å². The lowest BCUT2D eigenvalue weighted by Crippen LogP contribution is -2.42. The molecule has 1 fully saturated rings. The smallest absolute Gasteiger partial charge is 0.307 e. The summed E-state index contributed by atoms with van der Waals surface area (Å²) in [5.74, 6) is -1.58. The molecule has 0 saturated heterocycles. The van der Waals surface area contributed by atoms with Gasteiger partial charge in [-0.25, -0.2) is 0 Å². The standard InChI is InChI=1S/C12H21NO3/c1-4-13(8(2)3)11(14)9-6-5-7-10(9)12(15)16/h8-10H,4-7H2,1-3H3,(H,15,16)/t9-,10+/m1/s1. The van der Waals surface area contributed by atoms with Crippen LogP contribution in [0.1, 0.15) is 40.0 Å². The van der Waals surface area contributed by atoms with E-state index in [-0.39, 0.29) is 17.9 Å². The summed E-state index contributed by atoms with van der Waals surface area (Å²) in [5, 5.41) is 9.05. The number of carbonyl (C=O) groups is 2. The normalized spacial score (nSPS) is 24.8. The summed E-state index contributed by atoms with van der Waals surface area (Å²) in [6, 6.07) is 0.146. The number of amides is 1. The van der Waals surface area contributed by atoms with E-state index in [1.807, 2.05) is 20.8 Å². The molecule has 4 heteroatoms. The summed E-state index contributed by atoms with van der Waals surface area (Å²) >= 11 is 0. The maximum Gasteiger partial charge on any atom is 0.307 e. The van der Waals surface area contributed by atoms with Gasteiger partial charge in [0.2, 0.25) is 5.91 Å². The Morgan fingerprint density at radius 1 is 1.31 bits per heavy atom. The molecule has 0 aliphatic heterocycles. The SMILES string of the molecule is CCN(C(=O)[C@@H]1CCC[C@@H]1C(=O)O)C(C)C. The topological polar surface area (TPSA) is 57.6 Å². The lowest BCUT2D eigenvalue weighted by molar-refractivity contribution is -0.149. The molecule has 0 aromatic rings. The minimum atomic E-state index is -0.823. The number of carboxylic acids is 1. The molecular formula is C12H21NO3. The molecule has 1 aliphatic rings. The van der Waals surface area contributed by atoms with Crippen molar-refractivity contribution in [2.24, 2.45) is 11.8 Å². The largest absolute Gasteiger partial charge is 0.481 e. The molecule has 1 saturated carbocycles. The number of rotatable bonds is 4. The Kier molecular flexibility index (Phi) is 4.33. The zero-order valence-corrected chi connectivity index (χ0v) is 10.3. The third-order valence-corrected chi connectivity index (χ3v) is 3.40. The third-order valence-electron chi connectivity index (χ3n) is 3.40. The van der Waals surface area contributed by atoms with Crippen molar-refractivity contribution in [3.8, 4) is 0 Å². The summed E-state index contributed by atoms with van der Waals surface area (Å²) in [5.41, 5.74) is 0. The van der Waals surface area contributed by atoms with Crippen LogP contribution in [0.25, 0.3) is 0 Å². The van der Waals surface area contributed by atoms with Crippen LogP contribution in [0.3, 0.4) is 0 Å². The highest BCUT2D eigenvalue weighted by Gasteiger charge is 2.39. The number of carboxylic acid groups (broad SMARTS) is 1. The van der Waals surface area contributed by atoms with Crippen LogP contribution in [0.15, 0.2) is 0 Å². The van der Waals surface area contributed by atoms with Crippen molar-refractivity contribution < 1.29 is 14.7 Å². The van der Waals surface area contributed by atoms with Crippen LogP contribution in [0, 0.1) is 11.8 Å². The lowest BCUT2D eigenvalue weighted by atomic mass is 9.94. The summed E-state index contributed by atoms with van der Waals surface area (Å²) < 4.78 is 0. The van der Waals surface area contributed by atoms with E-state index < -0.39 is 11.9 Å². The van der Waals surface area contributed by atoms with Gasteiger partial charge < -0.3 is 10.0 Å². The minimum Gasteiger partial charge on any atom is -0.481 e. The van der Waals surface area contributed by atoms with Gasteiger partial charge in [-0.05, 0) is 33.6 Å². The second kappa shape index (κ2) is 5.32. The molecule has 1 aliphatic carbocycles. The molecule has 1 rings (SSSR count). The maximum absolute atomic E-state index is 12.2. The molecule has 16 heavy (non-hydrogen) atoms. The van der Waals surface area contributed by atoms with Crippen molar-refractivity contribution in [2.75, 3.05) is 6.54 Å². The zero-order valence-electron chi connectivity index (χ0n) is 10.3. The molecule has 2 atom stereocenters. The highest BCUT2D eigenvalue weighted by molar-refractivity contribution is 5.85. The maximum atomic E-state index is 12.2. The monoisotopic (exact) mass is 227 g/mol. The number of aliphatic carboxylic acids is 1. The van der Waals surface area contributed by atoms with Crippen LogP contribution in [0.2, 0.25) is 0 Å². The molecule has 0 heterocycles. The van der Waals surface area contributed by atoms with Crippen molar-refractivity contribution in [1.29, 1.82) is 0 Å². The number of hydrogen-bond acceptors (Lipinski definition) is 2. The van der Waals surface area contributed by atoms with E-state index in [0.29, 0.717) is 13.0 Å². The van der Waals surface area contributed by atoms with Crippen molar-refractivity contribution in [3.05, 3.63) is 0 Å². The second-order valence-corrected chi connectivity index (χ2v) is 4.70. The molecule has 92 valence electrons. The van der Waals surface area contributed by atoms with E-state index in [0.717, 1.165) is 12.8 Å². The molecule has 0 bridgehead atoms. The van der Waals surface area contributed by atoms with Crippen LogP contribution in [0.5, 0.6) is 0 Å². The van der Waals surface area contributed by atoms with Gasteiger partial charge in [0.1, 0.15) is 0 Å². The van der Waals surface area contributed by atoms with Crippen molar-refractivity contribution in [2.45, 2.75) is 46.1 Å². The summed E-state index contributed by atoms with van der Waals surface area (Å²) in [4.78, 5) is 25.0. The second-order valence-electron chi connectivity index (χ2n) is 4.70. The van der Waals surface area contributed by atoms with Gasteiger partial charge in [-0.1, -0.05) is 6.42 Å². The Balaban J connectivity index is 2.75. The van der Waals surface area contributed by atoms with Gasteiger partial charge in [0.05, 0.1) is 11.8 Å². The third kappa shape index (κ3) is 2.54. The fourth-order valence-electron chi connectivity index (χ4n) is 2.54. The number of nitrogens with zero attached hydrogens (tertiary/aromatic N) is 1. The predicted octanol–water partition coefficient (Wildman–Crippen LogP) is 1.74. The first kappa shape index (κ1) is 13.0. The fraction of sp³-hybridized carbons (Fsp3) is 0.833.